The zero-order valence-corrected chi connectivity index (χ0v) is 35.0. The Hall–Kier alpha value is -6.07. The lowest BCUT2D eigenvalue weighted by Crippen LogP contribution is -2.55. The third kappa shape index (κ3) is 7.86. The van der Waals surface area contributed by atoms with Crippen molar-refractivity contribution >= 4 is 29.3 Å². The molecule has 4 aromatic carbocycles. The van der Waals surface area contributed by atoms with Crippen LogP contribution in [0.4, 0.5) is 16.2 Å². The van der Waals surface area contributed by atoms with E-state index in [4.69, 9.17) is 14.2 Å². The van der Waals surface area contributed by atoms with E-state index in [1.54, 1.807) is 9.80 Å². The first kappa shape index (κ1) is 39.4. The van der Waals surface area contributed by atoms with Crippen LogP contribution in [0.1, 0.15) is 76.7 Å². The standard InChI is InChI=1S/C49H53N5O6/c1-33-17-19-37(20-18-33)54(36-14-6-5-7-15-36)47(56)41-27-43(52-21-11-10-16-42(41)52)39-28-44-45(59-32-58-44)29-40(39)46(55)53-30-35-13-9-8-12-34(35)26-38(53)31-50-22-24-51(25-23-50)48(57)60-49(2,3)4/h5-9,12-15,17-20,27-29,38H,10-11,16,21-26,30-32H2,1-4H3/t38-/m0/s1. The van der Waals surface area contributed by atoms with Crippen LogP contribution in [0, 0.1) is 6.92 Å². The van der Waals surface area contributed by atoms with Crippen molar-refractivity contribution in [3.63, 3.8) is 0 Å². The van der Waals surface area contributed by atoms with Crippen LogP contribution in [0.15, 0.2) is 97.1 Å². The Morgan fingerprint density at radius 2 is 1.45 bits per heavy atom. The summed E-state index contributed by atoms with van der Waals surface area (Å²) in [5.41, 5.74) is 8.15. The van der Waals surface area contributed by atoms with Crippen molar-refractivity contribution in [1.29, 1.82) is 0 Å². The van der Waals surface area contributed by atoms with E-state index >= 15 is 9.59 Å². The molecule has 5 heterocycles. The van der Waals surface area contributed by atoms with Gasteiger partial charge >= 0.3 is 6.09 Å². The molecule has 1 saturated heterocycles. The topological polar surface area (TPSA) is 96.8 Å². The SMILES string of the molecule is Cc1ccc(N(C(=O)c2cc(-c3cc4c(cc3C(=O)N3Cc5ccccc5C[C@H]3CN3CCN(C(=O)OC(C)(C)C)CC3)OCO4)n3c2CCCC3)c2ccccc2)cc1. The summed E-state index contributed by atoms with van der Waals surface area (Å²) in [5, 5.41) is 0. The number of para-hydroxylation sites is 1. The third-order valence-corrected chi connectivity index (χ3v) is 12.1. The predicted octanol–water partition coefficient (Wildman–Crippen LogP) is 8.63. The number of fused-ring (bicyclic) bond motifs is 3. The lowest BCUT2D eigenvalue weighted by molar-refractivity contribution is 0.0116. The van der Waals surface area contributed by atoms with Crippen molar-refractivity contribution in [2.45, 2.75) is 78.1 Å². The minimum atomic E-state index is -0.556. The van der Waals surface area contributed by atoms with E-state index in [0.717, 1.165) is 65.3 Å². The maximum Gasteiger partial charge on any atom is 0.410 e. The molecule has 60 heavy (non-hydrogen) atoms. The summed E-state index contributed by atoms with van der Waals surface area (Å²) in [6.45, 7) is 12.1. The molecule has 11 nitrogen and oxygen atoms in total. The van der Waals surface area contributed by atoms with E-state index in [2.05, 4.69) is 27.7 Å². The second-order valence-electron chi connectivity index (χ2n) is 17.4. The summed E-state index contributed by atoms with van der Waals surface area (Å²) in [6.07, 6.45) is 3.09. The van der Waals surface area contributed by atoms with E-state index in [1.807, 2.05) is 111 Å². The van der Waals surface area contributed by atoms with E-state index in [-0.39, 0.29) is 30.7 Å². The van der Waals surface area contributed by atoms with Gasteiger partial charge in [-0.3, -0.25) is 19.4 Å². The fourth-order valence-corrected chi connectivity index (χ4v) is 9.07. The Bertz CT molecular complexity index is 2410. The lowest BCUT2D eigenvalue weighted by Gasteiger charge is -2.42. The van der Waals surface area contributed by atoms with Crippen LogP contribution >= 0.6 is 0 Å². The first-order valence-corrected chi connectivity index (χ1v) is 21.2. The number of hydrogen-bond acceptors (Lipinski definition) is 7. The normalized spacial score (nSPS) is 17.5. The van der Waals surface area contributed by atoms with Crippen LogP contribution in [0.5, 0.6) is 11.5 Å². The van der Waals surface area contributed by atoms with Gasteiger partial charge in [-0.05, 0) is 107 Å². The Morgan fingerprint density at radius 3 is 2.18 bits per heavy atom. The molecule has 9 rings (SSSR count). The fraction of sp³-hybridized carbons (Fsp3) is 0.367. The number of aromatic nitrogens is 1. The van der Waals surface area contributed by atoms with E-state index in [0.29, 0.717) is 68.3 Å². The molecule has 0 spiro atoms. The van der Waals surface area contributed by atoms with E-state index in [1.165, 1.54) is 5.56 Å². The molecule has 0 bridgehead atoms. The number of aryl methyl sites for hydroxylation is 1. The molecule has 0 saturated carbocycles. The minimum Gasteiger partial charge on any atom is -0.454 e. The average Bonchev–Trinajstić information content (AvgIpc) is 3.88. The molecule has 0 N–H and O–H groups in total. The molecule has 3 amide bonds. The number of anilines is 2. The molecule has 310 valence electrons. The number of benzene rings is 4. The number of carbonyl (C=O) groups is 3. The monoisotopic (exact) mass is 807 g/mol. The van der Waals surface area contributed by atoms with Crippen molar-refractivity contribution in [3.05, 3.63) is 131 Å². The highest BCUT2D eigenvalue weighted by Crippen LogP contribution is 2.43. The van der Waals surface area contributed by atoms with E-state index in [9.17, 15) is 4.79 Å². The summed E-state index contributed by atoms with van der Waals surface area (Å²) < 4.78 is 19.8. The first-order chi connectivity index (χ1) is 29.0. The molecule has 1 aromatic heterocycles. The maximum absolute atomic E-state index is 15.4. The van der Waals surface area contributed by atoms with Gasteiger partial charge in [0.1, 0.15) is 5.60 Å². The smallest absolute Gasteiger partial charge is 0.410 e. The van der Waals surface area contributed by atoms with Crippen LogP contribution in [-0.4, -0.2) is 88.3 Å². The molecule has 1 fully saturated rings. The summed E-state index contributed by atoms with van der Waals surface area (Å²) in [5.74, 6) is 0.899. The molecular weight excluding hydrogens is 755 g/mol. The first-order valence-electron chi connectivity index (χ1n) is 21.2. The van der Waals surface area contributed by atoms with Gasteiger partial charge in [0.15, 0.2) is 11.5 Å². The zero-order valence-electron chi connectivity index (χ0n) is 35.0. The van der Waals surface area contributed by atoms with Crippen molar-refractivity contribution in [2.24, 2.45) is 0 Å². The van der Waals surface area contributed by atoms with Crippen LogP contribution in [-0.2, 0) is 30.7 Å². The maximum atomic E-state index is 15.4. The summed E-state index contributed by atoms with van der Waals surface area (Å²) in [6, 6.07) is 31.8. The van der Waals surface area contributed by atoms with Crippen molar-refractivity contribution in [1.82, 2.24) is 19.3 Å². The fourth-order valence-electron chi connectivity index (χ4n) is 9.07. The minimum absolute atomic E-state index is 0.0694. The number of hydrogen-bond donors (Lipinski definition) is 0. The largest absolute Gasteiger partial charge is 0.454 e. The highest BCUT2D eigenvalue weighted by molar-refractivity contribution is 6.12. The summed E-state index contributed by atoms with van der Waals surface area (Å²) in [7, 11) is 0. The van der Waals surface area contributed by atoms with E-state index < -0.39 is 5.60 Å². The number of piperazine rings is 1. The molecule has 4 aliphatic rings. The van der Waals surface area contributed by atoms with Gasteiger partial charge in [0.2, 0.25) is 6.79 Å². The van der Waals surface area contributed by atoms with Gasteiger partial charge < -0.3 is 28.6 Å². The third-order valence-electron chi connectivity index (χ3n) is 12.1. The highest BCUT2D eigenvalue weighted by atomic mass is 16.7. The molecule has 0 radical (unpaired) electrons. The number of rotatable bonds is 7. The van der Waals surface area contributed by atoms with Gasteiger partial charge in [-0.15, -0.1) is 0 Å². The van der Waals surface area contributed by atoms with Crippen LogP contribution < -0.4 is 14.4 Å². The van der Waals surface area contributed by atoms with Gasteiger partial charge in [-0.1, -0.05) is 60.2 Å². The molecule has 1 atom stereocenters. The number of amides is 3. The molecule has 0 aliphatic carbocycles. The summed E-state index contributed by atoms with van der Waals surface area (Å²) >= 11 is 0. The number of carbonyl (C=O) groups excluding carboxylic acids is 3. The quantitative estimate of drug-likeness (QED) is 0.163. The van der Waals surface area contributed by atoms with Crippen LogP contribution in [0.25, 0.3) is 11.3 Å². The van der Waals surface area contributed by atoms with Crippen molar-refractivity contribution < 1.29 is 28.6 Å². The van der Waals surface area contributed by atoms with Gasteiger partial charge in [-0.25, -0.2) is 4.79 Å². The van der Waals surface area contributed by atoms with Gasteiger partial charge in [0.25, 0.3) is 11.8 Å². The second-order valence-corrected chi connectivity index (χ2v) is 17.4. The zero-order chi connectivity index (χ0) is 41.5. The van der Waals surface area contributed by atoms with Crippen LogP contribution in [0.3, 0.4) is 0 Å². The van der Waals surface area contributed by atoms with Crippen molar-refractivity contribution in [2.75, 3.05) is 44.4 Å². The molecule has 4 aliphatic heterocycles. The number of nitrogens with zero attached hydrogens (tertiary/aromatic N) is 5. The highest BCUT2D eigenvalue weighted by Gasteiger charge is 2.37. The molecule has 11 heteroatoms. The van der Waals surface area contributed by atoms with Crippen LogP contribution in [0.2, 0.25) is 0 Å². The Kier molecular flexibility index (Phi) is 10.6. The Balaban J connectivity index is 1.08. The average molecular weight is 808 g/mol. The Labute approximate surface area is 352 Å². The molecule has 5 aromatic rings. The van der Waals surface area contributed by atoms with Crippen molar-refractivity contribution in [3.8, 4) is 22.8 Å². The summed E-state index contributed by atoms with van der Waals surface area (Å²) in [4.78, 5) is 51.2. The predicted molar refractivity (Wildman–Crippen MR) is 231 cm³/mol. The van der Waals surface area contributed by atoms with Gasteiger partial charge in [0.05, 0.1) is 11.1 Å². The number of ether oxygens (including phenoxy) is 3. The molecular formula is C49H53N5O6. The van der Waals surface area contributed by atoms with Gasteiger partial charge in [-0.2, -0.15) is 0 Å². The Morgan fingerprint density at radius 1 is 0.767 bits per heavy atom. The molecule has 0 unspecified atom stereocenters. The van der Waals surface area contributed by atoms with Gasteiger partial charge in [0, 0.05) is 80.2 Å². The lowest BCUT2D eigenvalue weighted by atomic mass is 9.92. The second kappa shape index (κ2) is 16.2.